The smallest absolute Gasteiger partial charge is 0.123 e. The van der Waals surface area contributed by atoms with E-state index in [2.05, 4.69) is 41.9 Å². The van der Waals surface area contributed by atoms with Gasteiger partial charge in [-0.15, -0.1) is 11.3 Å². The first-order chi connectivity index (χ1) is 9.85. The van der Waals surface area contributed by atoms with Gasteiger partial charge >= 0.3 is 0 Å². The van der Waals surface area contributed by atoms with Gasteiger partial charge in [0.2, 0.25) is 0 Å². The maximum atomic E-state index is 5.68. The van der Waals surface area contributed by atoms with Gasteiger partial charge in [0.1, 0.15) is 5.75 Å². The van der Waals surface area contributed by atoms with Gasteiger partial charge in [0.15, 0.2) is 0 Å². The summed E-state index contributed by atoms with van der Waals surface area (Å²) in [5, 5.41) is 5.82. The normalized spacial score (nSPS) is 12.3. The summed E-state index contributed by atoms with van der Waals surface area (Å²) in [4.78, 5) is 1.42. The minimum atomic E-state index is 0.440. The molecule has 108 valence electrons. The van der Waals surface area contributed by atoms with E-state index in [1.54, 1.807) is 0 Å². The van der Waals surface area contributed by atoms with Crippen LogP contribution in [0.4, 0.5) is 0 Å². The molecule has 0 aliphatic heterocycles. The highest BCUT2D eigenvalue weighted by atomic mass is 32.1. The Kier molecular flexibility index (Phi) is 6.09. The molecule has 0 spiro atoms. The van der Waals surface area contributed by atoms with E-state index in [0.29, 0.717) is 12.6 Å². The van der Waals surface area contributed by atoms with Gasteiger partial charge in [-0.25, -0.2) is 0 Å². The number of thiophene rings is 1. The van der Waals surface area contributed by atoms with E-state index >= 15 is 0 Å². The summed E-state index contributed by atoms with van der Waals surface area (Å²) < 4.78 is 5.68. The van der Waals surface area contributed by atoms with E-state index in [9.17, 15) is 0 Å². The Bertz CT molecular complexity index is 495. The summed E-state index contributed by atoms with van der Waals surface area (Å²) >= 11 is 1.83. The second kappa shape index (κ2) is 8.08. The molecule has 0 amide bonds. The topological polar surface area (TPSA) is 21.3 Å². The summed E-state index contributed by atoms with van der Waals surface area (Å²) in [6, 6.07) is 13.0. The third kappa shape index (κ3) is 4.09. The van der Waals surface area contributed by atoms with Crippen LogP contribution in [0.25, 0.3) is 0 Å². The number of hydrogen-bond donors (Lipinski definition) is 1. The molecule has 3 heteroatoms. The molecule has 1 atom stereocenters. The van der Waals surface area contributed by atoms with Crippen molar-refractivity contribution in [3.8, 4) is 5.75 Å². The molecule has 0 aliphatic carbocycles. The van der Waals surface area contributed by atoms with Crippen molar-refractivity contribution in [3.05, 3.63) is 52.2 Å². The van der Waals surface area contributed by atoms with Gasteiger partial charge in [-0.05, 0) is 30.9 Å². The van der Waals surface area contributed by atoms with Crippen molar-refractivity contribution in [3.63, 3.8) is 0 Å². The number of nitrogens with one attached hydrogen (secondary N) is 1. The van der Waals surface area contributed by atoms with E-state index < -0.39 is 0 Å². The Morgan fingerprint density at radius 3 is 2.70 bits per heavy atom. The zero-order chi connectivity index (χ0) is 14.2. The molecule has 0 radical (unpaired) electrons. The van der Waals surface area contributed by atoms with Crippen LogP contribution in [0.3, 0.4) is 0 Å². The second-order valence-corrected chi connectivity index (χ2v) is 5.76. The van der Waals surface area contributed by atoms with Crippen molar-refractivity contribution < 1.29 is 4.74 Å². The highest BCUT2D eigenvalue weighted by molar-refractivity contribution is 7.10. The van der Waals surface area contributed by atoms with Crippen molar-refractivity contribution in [2.75, 3.05) is 6.61 Å². The first-order valence-corrected chi connectivity index (χ1v) is 8.20. The number of para-hydroxylation sites is 1. The van der Waals surface area contributed by atoms with Crippen LogP contribution in [-0.4, -0.2) is 6.61 Å². The molecule has 2 rings (SSSR count). The van der Waals surface area contributed by atoms with Crippen LogP contribution < -0.4 is 10.1 Å². The fraction of sp³-hybridized carbons (Fsp3) is 0.412. The van der Waals surface area contributed by atoms with Gasteiger partial charge in [0, 0.05) is 23.0 Å². The van der Waals surface area contributed by atoms with Crippen molar-refractivity contribution in [1.82, 2.24) is 5.32 Å². The molecule has 0 fully saturated rings. The van der Waals surface area contributed by atoms with Crippen LogP contribution >= 0.6 is 11.3 Å². The predicted octanol–water partition coefficient (Wildman–Crippen LogP) is 4.78. The lowest BCUT2D eigenvalue weighted by Crippen LogP contribution is -2.20. The Balaban J connectivity index is 2.02. The molecule has 2 nitrogen and oxygen atoms in total. The molecule has 0 saturated carbocycles. The summed E-state index contributed by atoms with van der Waals surface area (Å²) in [7, 11) is 0. The fourth-order valence-electron chi connectivity index (χ4n) is 2.30. The van der Waals surface area contributed by atoms with Crippen LogP contribution in [0.15, 0.2) is 41.8 Å². The fourth-order valence-corrected chi connectivity index (χ4v) is 3.14. The highest BCUT2D eigenvalue weighted by Gasteiger charge is 2.12. The molecule has 20 heavy (non-hydrogen) atoms. The molecule has 1 heterocycles. The molecule has 1 N–H and O–H groups in total. The number of rotatable bonds is 8. The Morgan fingerprint density at radius 1 is 1.15 bits per heavy atom. The van der Waals surface area contributed by atoms with Crippen molar-refractivity contribution in [2.24, 2.45) is 0 Å². The maximum absolute atomic E-state index is 5.68. The lowest BCUT2D eigenvalue weighted by atomic mass is 10.1. The lowest BCUT2D eigenvalue weighted by Gasteiger charge is -2.18. The Morgan fingerprint density at radius 2 is 2.00 bits per heavy atom. The summed E-state index contributed by atoms with van der Waals surface area (Å²) in [5.41, 5.74) is 1.23. The van der Waals surface area contributed by atoms with Crippen LogP contribution in [-0.2, 0) is 6.54 Å². The number of benzene rings is 1. The summed E-state index contributed by atoms with van der Waals surface area (Å²) in [6.45, 7) is 5.81. The minimum absolute atomic E-state index is 0.440. The third-order valence-electron chi connectivity index (χ3n) is 3.28. The average Bonchev–Trinajstić information content (AvgIpc) is 2.99. The zero-order valence-electron chi connectivity index (χ0n) is 12.3. The van der Waals surface area contributed by atoms with E-state index in [0.717, 1.165) is 18.7 Å². The molecule has 1 aromatic heterocycles. The van der Waals surface area contributed by atoms with Gasteiger partial charge in [-0.2, -0.15) is 0 Å². The lowest BCUT2D eigenvalue weighted by molar-refractivity contribution is 0.334. The van der Waals surface area contributed by atoms with Crippen LogP contribution in [0.2, 0.25) is 0 Å². The van der Waals surface area contributed by atoms with Crippen molar-refractivity contribution in [2.45, 2.75) is 39.3 Å². The van der Waals surface area contributed by atoms with Crippen molar-refractivity contribution >= 4 is 11.3 Å². The molecular formula is C17H23NOS. The molecule has 0 aliphatic rings. The monoisotopic (exact) mass is 289 g/mol. The number of ether oxygens (including phenoxy) is 1. The number of hydrogen-bond acceptors (Lipinski definition) is 3. The van der Waals surface area contributed by atoms with Crippen LogP contribution in [0.5, 0.6) is 5.75 Å². The molecule has 0 saturated heterocycles. The van der Waals surface area contributed by atoms with E-state index in [-0.39, 0.29) is 0 Å². The predicted molar refractivity (Wildman–Crippen MR) is 86.4 cm³/mol. The molecular weight excluding hydrogens is 266 g/mol. The molecule has 2 aromatic rings. The zero-order valence-corrected chi connectivity index (χ0v) is 13.1. The van der Waals surface area contributed by atoms with E-state index in [4.69, 9.17) is 4.74 Å². The molecule has 0 bridgehead atoms. The minimum Gasteiger partial charge on any atom is -0.494 e. The Labute approximate surface area is 125 Å². The SMILES string of the molecule is CCCC(NCc1ccccc1OCC)c1cccs1. The average molecular weight is 289 g/mol. The van der Waals surface area contributed by atoms with Gasteiger partial charge in [0.05, 0.1) is 6.61 Å². The molecule has 1 unspecified atom stereocenters. The third-order valence-corrected chi connectivity index (χ3v) is 4.26. The van der Waals surface area contributed by atoms with Crippen molar-refractivity contribution in [1.29, 1.82) is 0 Å². The van der Waals surface area contributed by atoms with E-state index in [1.165, 1.54) is 16.9 Å². The largest absolute Gasteiger partial charge is 0.494 e. The van der Waals surface area contributed by atoms with Gasteiger partial charge < -0.3 is 10.1 Å². The Hall–Kier alpha value is -1.32. The quantitative estimate of drug-likeness (QED) is 0.755. The second-order valence-electron chi connectivity index (χ2n) is 4.78. The standard InChI is InChI=1S/C17H23NOS/c1-3-8-15(17-11-7-12-20-17)18-13-14-9-5-6-10-16(14)19-4-2/h5-7,9-12,15,18H,3-4,8,13H2,1-2H3. The van der Waals surface area contributed by atoms with Crippen LogP contribution in [0.1, 0.15) is 43.2 Å². The first-order valence-electron chi connectivity index (χ1n) is 7.32. The van der Waals surface area contributed by atoms with Gasteiger partial charge in [-0.1, -0.05) is 37.6 Å². The first kappa shape index (κ1) is 15.1. The maximum Gasteiger partial charge on any atom is 0.123 e. The van der Waals surface area contributed by atoms with Gasteiger partial charge in [-0.3, -0.25) is 0 Å². The summed E-state index contributed by atoms with van der Waals surface area (Å²) in [5.74, 6) is 0.990. The van der Waals surface area contributed by atoms with Crippen LogP contribution in [0, 0.1) is 0 Å². The highest BCUT2D eigenvalue weighted by Crippen LogP contribution is 2.25. The van der Waals surface area contributed by atoms with E-state index in [1.807, 2.05) is 30.4 Å². The summed E-state index contributed by atoms with van der Waals surface area (Å²) in [6.07, 6.45) is 2.35. The van der Waals surface area contributed by atoms with Gasteiger partial charge in [0.25, 0.3) is 0 Å². The molecule has 1 aromatic carbocycles.